The molecule has 0 saturated carbocycles. The smallest absolute Gasteiger partial charge is 0.302 e. The Morgan fingerprint density at radius 2 is 1.96 bits per heavy atom. The van der Waals surface area contributed by atoms with Gasteiger partial charge >= 0.3 is 5.97 Å². The first kappa shape index (κ1) is 24.1. The number of hydrogen-bond donors (Lipinski definition) is 1. The van der Waals surface area contributed by atoms with Crippen molar-refractivity contribution in [1.82, 2.24) is 0 Å². The number of amides is 1. The number of carbonyl (C=O) groups excluding carboxylic acids is 3. The second-order valence-electron chi connectivity index (χ2n) is 8.18. The number of ketones is 1. The monoisotopic (exact) mass is 393 g/mol. The lowest BCUT2D eigenvalue weighted by Gasteiger charge is -2.28. The van der Waals surface area contributed by atoms with Crippen LogP contribution in [0.1, 0.15) is 73.1 Å². The molecule has 1 aliphatic rings. The summed E-state index contributed by atoms with van der Waals surface area (Å²) in [6.07, 6.45) is 7.01. The van der Waals surface area contributed by atoms with Gasteiger partial charge in [0.2, 0.25) is 5.91 Å². The zero-order valence-electron chi connectivity index (χ0n) is 17.9. The Kier molecular flexibility index (Phi) is 9.59. The van der Waals surface area contributed by atoms with Crippen molar-refractivity contribution in [3.8, 4) is 0 Å². The highest BCUT2D eigenvalue weighted by Crippen LogP contribution is 2.29. The molecule has 0 aliphatic carbocycles. The normalized spacial score (nSPS) is 23.6. The van der Waals surface area contributed by atoms with Crippen LogP contribution in [0.2, 0.25) is 0 Å². The van der Waals surface area contributed by atoms with Crippen LogP contribution < -0.4 is 5.73 Å². The third kappa shape index (κ3) is 8.38. The lowest BCUT2D eigenvalue weighted by atomic mass is 9.88. The first-order chi connectivity index (χ1) is 13.0. The van der Waals surface area contributed by atoms with Crippen LogP contribution >= 0.6 is 0 Å². The number of nitrogens with two attached hydrogens (primary N) is 1. The maximum Gasteiger partial charge on any atom is 0.302 e. The molecule has 1 rings (SSSR count). The van der Waals surface area contributed by atoms with Gasteiger partial charge in [0.15, 0.2) is 5.78 Å². The lowest BCUT2D eigenvalue weighted by Crippen LogP contribution is -2.37. The fourth-order valence-corrected chi connectivity index (χ4v) is 3.38. The van der Waals surface area contributed by atoms with Crippen molar-refractivity contribution < 1.29 is 23.9 Å². The molecule has 1 heterocycles. The molecule has 2 unspecified atom stereocenters. The molecule has 1 amide bonds. The lowest BCUT2D eigenvalue weighted by molar-refractivity contribution is -0.148. The van der Waals surface area contributed by atoms with Gasteiger partial charge in [0.1, 0.15) is 11.7 Å². The van der Waals surface area contributed by atoms with Crippen LogP contribution in [0.3, 0.4) is 0 Å². The Labute approximate surface area is 168 Å². The fraction of sp³-hybridized carbons (Fsp3) is 0.682. The van der Waals surface area contributed by atoms with E-state index in [-0.39, 0.29) is 30.4 Å². The van der Waals surface area contributed by atoms with Crippen LogP contribution in [0.15, 0.2) is 23.3 Å². The summed E-state index contributed by atoms with van der Waals surface area (Å²) in [7, 11) is 0. The van der Waals surface area contributed by atoms with Crippen molar-refractivity contribution in [2.45, 2.75) is 84.8 Å². The minimum absolute atomic E-state index is 0.0501. The van der Waals surface area contributed by atoms with Crippen LogP contribution in [0.25, 0.3) is 0 Å². The number of rotatable bonds is 9. The molecular formula is C22H35NO5. The maximum atomic E-state index is 12.6. The largest absolute Gasteiger partial charge is 0.462 e. The Morgan fingerprint density at radius 3 is 2.54 bits per heavy atom. The Bertz CT molecular complexity index is 633. The van der Waals surface area contributed by atoms with Gasteiger partial charge in [-0.1, -0.05) is 18.6 Å². The molecule has 0 aromatic carbocycles. The molecule has 6 nitrogen and oxygen atoms in total. The van der Waals surface area contributed by atoms with Crippen LogP contribution in [0.4, 0.5) is 0 Å². The molecule has 6 heteroatoms. The molecule has 0 aromatic rings. The van der Waals surface area contributed by atoms with E-state index in [1.165, 1.54) is 18.6 Å². The van der Waals surface area contributed by atoms with Gasteiger partial charge in [0.05, 0.1) is 6.61 Å². The number of allylic oxidation sites excluding steroid dienone is 1. The van der Waals surface area contributed by atoms with Gasteiger partial charge in [0.25, 0.3) is 0 Å². The van der Waals surface area contributed by atoms with Crippen LogP contribution in [-0.2, 0) is 23.9 Å². The number of esters is 1. The third-order valence-corrected chi connectivity index (χ3v) is 5.21. The first-order valence-corrected chi connectivity index (χ1v) is 10.00. The average Bonchev–Trinajstić information content (AvgIpc) is 2.71. The van der Waals surface area contributed by atoms with Gasteiger partial charge in [-0.05, 0) is 57.9 Å². The molecule has 1 aliphatic heterocycles. The van der Waals surface area contributed by atoms with Crippen LogP contribution in [-0.4, -0.2) is 36.0 Å². The summed E-state index contributed by atoms with van der Waals surface area (Å²) < 4.78 is 11.4. The zero-order valence-corrected chi connectivity index (χ0v) is 17.9. The summed E-state index contributed by atoms with van der Waals surface area (Å²) in [4.78, 5) is 35.0. The summed E-state index contributed by atoms with van der Waals surface area (Å²) in [6, 6.07) is 0. The summed E-state index contributed by atoms with van der Waals surface area (Å²) in [6.45, 7) is 9.60. The minimum atomic E-state index is -0.857. The third-order valence-electron chi connectivity index (χ3n) is 5.21. The molecule has 28 heavy (non-hydrogen) atoms. The summed E-state index contributed by atoms with van der Waals surface area (Å²) in [5.41, 5.74) is 6.29. The van der Waals surface area contributed by atoms with Gasteiger partial charge in [-0.2, -0.15) is 0 Å². The Hall–Kier alpha value is -1.95. The van der Waals surface area contributed by atoms with E-state index in [4.69, 9.17) is 15.2 Å². The number of carbonyl (C=O) groups is 3. The highest BCUT2D eigenvalue weighted by Gasteiger charge is 2.36. The summed E-state index contributed by atoms with van der Waals surface area (Å²) in [5.74, 6) is -0.568. The molecule has 158 valence electrons. The van der Waals surface area contributed by atoms with Gasteiger partial charge < -0.3 is 15.2 Å². The quantitative estimate of drug-likeness (QED) is 0.367. The topological polar surface area (TPSA) is 95.7 Å². The number of primary amides is 1. The molecule has 3 atom stereocenters. The summed E-state index contributed by atoms with van der Waals surface area (Å²) >= 11 is 0. The number of hydrogen-bond acceptors (Lipinski definition) is 5. The van der Waals surface area contributed by atoms with E-state index in [1.54, 1.807) is 0 Å². The van der Waals surface area contributed by atoms with Gasteiger partial charge in [-0.15, -0.1) is 0 Å². The van der Waals surface area contributed by atoms with Gasteiger partial charge in [0, 0.05) is 25.8 Å². The van der Waals surface area contributed by atoms with E-state index < -0.39 is 11.5 Å². The average molecular weight is 394 g/mol. The predicted molar refractivity (Wildman–Crippen MR) is 108 cm³/mol. The molecule has 0 aromatic heterocycles. The predicted octanol–water partition coefficient (Wildman–Crippen LogP) is 3.63. The van der Waals surface area contributed by atoms with E-state index in [2.05, 4.69) is 13.0 Å². The van der Waals surface area contributed by atoms with E-state index >= 15 is 0 Å². The van der Waals surface area contributed by atoms with E-state index in [9.17, 15) is 14.4 Å². The van der Waals surface area contributed by atoms with Crippen LogP contribution in [0, 0.1) is 5.92 Å². The second kappa shape index (κ2) is 11.1. The SMILES string of the molecule is CC(=O)OC(CC=C(C)C)C(C)CCC[C@]1(C)OC/C(=C/C(N)=O)CCC1=O. The van der Waals surface area contributed by atoms with Crippen LogP contribution in [0.5, 0.6) is 0 Å². The van der Waals surface area contributed by atoms with E-state index in [0.29, 0.717) is 25.7 Å². The Balaban J connectivity index is 2.65. The standard InChI is InChI=1S/C22H35NO5/c1-15(2)8-10-19(28-17(4)24)16(3)7-6-12-22(5)20(25)11-9-18(14-27-22)13-21(23)26/h8,13,16,19H,6-7,9-12,14H2,1-5H3,(H2,23,26)/b18-13+/t16?,19?,22-/m0/s1. The molecular weight excluding hydrogens is 358 g/mol. The van der Waals surface area contributed by atoms with Crippen molar-refractivity contribution in [3.05, 3.63) is 23.3 Å². The Morgan fingerprint density at radius 1 is 1.29 bits per heavy atom. The van der Waals surface area contributed by atoms with Gasteiger partial charge in [-0.25, -0.2) is 0 Å². The zero-order chi connectivity index (χ0) is 21.3. The van der Waals surface area contributed by atoms with Crippen molar-refractivity contribution >= 4 is 17.7 Å². The first-order valence-electron chi connectivity index (χ1n) is 10.00. The van der Waals surface area contributed by atoms with Crippen molar-refractivity contribution in [2.24, 2.45) is 11.7 Å². The van der Waals surface area contributed by atoms with Crippen molar-refractivity contribution in [2.75, 3.05) is 6.61 Å². The van der Waals surface area contributed by atoms with E-state index in [1.807, 2.05) is 20.8 Å². The molecule has 1 saturated heterocycles. The minimum Gasteiger partial charge on any atom is -0.462 e. The number of Topliss-reactive ketones (excluding diaryl/α,β-unsaturated/α-hetero) is 1. The highest BCUT2D eigenvalue weighted by atomic mass is 16.5. The molecule has 2 N–H and O–H groups in total. The number of ether oxygens (including phenoxy) is 2. The molecule has 1 fully saturated rings. The summed E-state index contributed by atoms with van der Waals surface area (Å²) in [5, 5.41) is 0. The molecule has 0 spiro atoms. The second-order valence-corrected chi connectivity index (χ2v) is 8.18. The van der Waals surface area contributed by atoms with Gasteiger partial charge in [-0.3, -0.25) is 14.4 Å². The maximum absolute atomic E-state index is 12.6. The molecule has 0 radical (unpaired) electrons. The molecule has 0 bridgehead atoms. The van der Waals surface area contributed by atoms with Crippen molar-refractivity contribution in [3.63, 3.8) is 0 Å². The highest BCUT2D eigenvalue weighted by molar-refractivity contribution is 5.89. The fourth-order valence-electron chi connectivity index (χ4n) is 3.38. The van der Waals surface area contributed by atoms with E-state index in [0.717, 1.165) is 18.4 Å². The van der Waals surface area contributed by atoms with Crippen molar-refractivity contribution in [1.29, 1.82) is 0 Å².